The summed E-state index contributed by atoms with van der Waals surface area (Å²) in [5.74, 6) is 1.99. The van der Waals surface area contributed by atoms with Gasteiger partial charge in [-0.25, -0.2) is 9.78 Å². The molecule has 0 amide bonds. The highest BCUT2D eigenvalue weighted by Gasteiger charge is 2.23. The lowest BCUT2D eigenvalue weighted by Gasteiger charge is -2.22. The summed E-state index contributed by atoms with van der Waals surface area (Å²) >= 11 is 3.46. The van der Waals surface area contributed by atoms with Crippen LogP contribution in [0.1, 0.15) is 16.9 Å². The van der Waals surface area contributed by atoms with E-state index in [4.69, 9.17) is 0 Å². The van der Waals surface area contributed by atoms with Crippen LogP contribution in [0.2, 0.25) is 0 Å². The third kappa shape index (κ3) is 2.32. The Kier molecular flexibility index (Phi) is 3.70. The SMILES string of the molecule is COC(=O)c1csc(N(C)C2CCSC2)n1. The van der Waals surface area contributed by atoms with Crippen LogP contribution in [0, 0.1) is 0 Å². The fraction of sp³-hybridized carbons (Fsp3) is 0.600. The van der Waals surface area contributed by atoms with Crippen LogP contribution >= 0.6 is 23.1 Å². The van der Waals surface area contributed by atoms with Crippen LogP contribution in [0.3, 0.4) is 0 Å². The Balaban J connectivity index is 2.08. The molecular weight excluding hydrogens is 244 g/mol. The summed E-state index contributed by atoms with van der Waals surface area (Å²) in [5.41, 5.74) is 0.403. The van der Waals surface area contributed by atoms with Gasteiger partial charge in [0.25, 0.3) is 0 Å². The molecule has 6 heteroatoms. The summed E-state index contributed by atoms with van der Waals surface area (Å²) in [7, 11) is 3.41. The minimum absolute atomic E-state index is 0.364. The van der Waals surface area contributed by atoms with Crippen LogP contribution in [0.5, 0.6) is 0 Å². The maximum absolute atomic E-state index is 11.3. The van der Waals surface area contributed by atoms with E-state index in [9.17, 15) is 4.79 Å². The first kappa shape index (κ1) is 11.7. The van der Waals surface area contributed by atoms with Crippen LogP contribution in [0.25, 0.3) is 0 Å². The second kappa shape index (κ2) is 5.05. The van der Waals surface area contributed by atoms with E-state index in [1.165, 1.54) is 30.6 Å². The monoisotopic (exact) mass is 258 g/mol. The molecule has 0 aliphatic carbocycles. The molecular formula is C10H14N2O2S2. The number of esters is 1. The molecule has 2 heterocycles. The Hall–Kier alpha value is -0.750. The third-order valence-corrected chi connectivity index (χ3v) is 4.72. The van der Waals surface area contributed by atoms with Gasteiger partial charge in [0.15, 0.2) is 10.8 Å². The van der Waals surface area contributed by atoms with Crippen molar-refractivity contribution in [1.29, 1.82) is 0 Å². The van der Waals surface area contributed by atoms with Crippen molar-refractivity contribution in [3.63, 3.8) is 0 Å². The van der Waals surface area contributed by atoms with Crippen LogP contribution in [0.4, 0.5) is 5.13 Å². The number of hydrogen-bond donors (Lipinski definition) is 0. The van der Waals surface area contributed by atoms with Crippen LogP contribution in [-0.4, -0.2) is 42.7 Å². The molecule has 0 bridgehead atoms. The average Bonchev–Trinajstić information content (AvgIpc) is 2.97. The largest absolute Gasteiger partial charge is 0.464 e. The predicted molar refractivity (Wildman–Crippen MR) is 67.6 cm³/mol. The van der Waals surface area contributed by atoms with E-state index in [0.29, 0.717) is 11.7 Å². The lowest BCUT2D eigenvalue weighted by atomic mass is 10.2. The molecule has 1 aliphatic heterocycles. The maximum Gasteiger partial charge on any atom is 0.357 e. The van der Waals surface area contributed by atoms with Crippen molar-refractivity contribution in [3.8, 4) is 0 Å². The highest BCUT2D eigenvalue weighted by molar-refractivity contribution is 7.99. The molecule has 1 aliphatic rings. The molecule has 1 atom stereocenters. The highest BCUT2D eigenvalue weighted by atomic mass is 32.2. The van der Waals surface area contributed by atoms with Gasteiger partial charge in [0.05, 0.1) is 7.11 Å². The minimum atomic E-state index is -0.364. The van der Waals surface area contributed by atoms with E-state index in [1.54, 1.807) is 5.38 Å². The molecule has 1 aromatic heterocycles. The van der Waals surface area contributed by atoms with Gasteiger partial charge >= 0.3 is 5.97 Å². The second-order valence-corrected chi connectivity index (χ2v) is 5.62. The number of thioether (sulfide) groups is 1. The van der Waals surface area contributed by atoms with Crippen molar-refractivity contribution in [2.24, 2.45) is 0 Å². The Morgan fingerprint density at radius 2 is 2.50 bits per heavy atom. The van der Waals surface area contributed by atoms with Gasteiger partial charge in [0, 0.05) is 24.2 Å². The summed E-state index contributed by atoms with van der Waals surface area (Å²) in [4.78, 5) is 17.7. The molecule has 1 saturated heterocycles. The number of aromatic nitrogens is 1. The third-order valence-electron chi connectivity index (χ3n) is 2.64. The van der Waals surface area contributed by atoms with Crippen molar-refractivity contribution >= 4 is 34.2 Å². The topological polar surface area (TPSA) is 42.4 Å². The quantitative estimate of drug-likeness (QED) is 0.774. The number of rotatable bonds is 3. The number of ether oxygens (including phenoxy) is 1. The van der Waals surface area contributed by atoms with E-state index in [-0.39, 0.29) is 5.97 Å². The van der Waals surface area contributed by atoms with Crippen molar-refractivity contribution in [2.45, 2.75) is 12.5 Å². The first-order valence-electron chi connectivity index (χ1n) is 5.07. The highest BCUT2D eigenvalue weighted by Crippen LogP contribution is 2.28. The van der Waals surface area contributed by atoms with Gasteiger partial charge < -0.3 is 9.64 Å². The second-order valence-electron chi connectivity index (χ2n) is 3.64. The first-order chi connectivity index (χ1) is 7.72. The summed E-state index contributed by atoms with van der Waals surface area (Å²) in [5, 5.41) is 2.65. The van der Waals surface area contributed by atoms with Crippen molar-refractivity contribution in [3.05, 3.63) is 11.1 Å². The van der Waals surface area contributed by atoms with Gasteiger partial charge in [0.2, 0.25) is 0 Å². The molecule has 88 valence electrons. The van der Waals surface area contributed by atoms with Crippen LogP contribution in [0.15, 0.2) is 5.38 Å². The smallest absolute Gasteiger partial charge is 0.357 e. The average molecular weight is 258 g/mol. The van der Waals surface area contributed by atoms with Gasteiger partial charge in [-0.1, -0.05) is 0 Å². The number of carbonyl (C=O) groups is 1. The van der Waals surface area contributed by atoms with E-state index >= 15 is 0 Å². The Labute approximate surface area is 103 Å². The van der Waals surface area contributed by atoms with E-state index < -0.39 is 0 Å². The fourth-order valence-electron chi connectivity index (χ4n) is 1.61. The summed E-state index contributed by atoms with van der Waals surface area (Å²) in [6.45, 7) is 0. The van der Waals surface area contributed by atoms with Crippen molar-refractivity contribution in [2.75, 3.05) is 30.6 Å². The van der Waals surface area contributed by atoms with E-state index in [1.807, 2.05) is 18.8 Å². The normalized spacial score (nSPS) is 19.8. The molecule has 0 saturated carbocycles. The molecule has 0 N–H and O–H groups in total. The lowest BCUT2D eigenvalue weighted by Crippen LogP contribution is -2.31. The van der Waals surface area contributed by atoms with E-state index in [0.717, 1.165) is 10.9 Å². The number of carbonyl (C=O) groups excluding carboxylic acids is 1. The van der Waals surface area contributed by atoms with E-state index in [2.05, 4.69) is 14.6 Å². The van der Waals surface area contributed by atoms with Gasteiger partial charge in [-0.3, -0.25) is 0 Å². The number of nitrogens with zero attached hydrogens (tertiary/aromatic N) is 2. The molecule has 1 fully saturated rings. The Morgan fingerprint density at radius 1 is 1.69 bits per heavy atom. The first-order valence-corrected chi connectivity index (χ1v) is 7.10. The molecule has 1 aromatic rings. The zero-order valence-electron chi connectivity index (χ0n) is 9.30. The minimum Gasteiger partial charge on any atom is -0.464 e. The Bertz CT molecular complexity index is 375. The van der Waals surface area contributed by atoms with Crippen molar-refractivity contribution < 1.29 is 9.53 Å². The molecule has 0 aromatic carbocycles. The zero-order chi connectivity index (χ0) is 11.5. The van der Waals surface area contributed by atoms with Crippen LogP contribution in [-0.2, 0) is 4.74 Å². The maximum atomic E-state index is 11.3. The lowest BCUT2D eigenvalue weighted by molar-refractivity contribution is 0.0595. The van der Waals surface area contributed by atoms with Crippen LogP contribution < -0.4 is 4.90 Å². The fourth-order valence-corrected chi connectivity index (χ4v) is 3.71. The van der Waals surface area contributed by atoms with Gasteiger partial charge in [-0.05, 0) is 12.2 Å². The summed E-state index contributed by atoms with van der Waals surface area (Å²) in [6, 6.07) is 0.543. The molecule has 4 nitrogen and oxygen atoms in total. The standard InChI is InChI=1S/C10H14N2O2S2/c1-12(7-3-4-15-5-7)10-11-8(6-16-10)9(13)14-2/h6-7H,3-5H2,1-2H3. The molecule has 0 radical (unpaired) electrons. The number of hydrogen-bond acceptors (Lipinski definition) is 6. The molecule has 2 rings (SSSR count). The molecule has 1 unspecified atom stereocenters. The number of anilines is 1. The summed E-state index contributed by atoms with van der Waals surface area (Å²) < 4.78 is 4.64. The summed E-state index contributed by atoms with van der Waals surface area (Å²) in [6.07, 6.45) is 1.19. The zero-order valence-corrected chi connectivity index (χ0v) is 10.9. The van der Waals surface area contributed by atoms with Gasteiger partial charge in [0.1, 0.15) is 0 Å². The predicted octanol–water partition coefficient (Wildman–Crippen LogP) is 1.87. The van der Waals surface area contributed by atoms with Gasteiger partial charge in [-0.15, -0.1) is 11.3 Å². The number of methoxy groups -OCH3 is 1. The molecule has 16 heavy (non-hydrogen) atoms. The Morgan fingerprint density at radius 3 is 3.12 bits per heavy atom. The van der Waals surface area contributed by atoms with Crippen molar-refractivity contribution in [1.82, 2.24) is 4.98 Å². The van der Waals surface area contributed by atoms with Gasteiger partial charge in [-0.2, -0.15) is 11.8 Å². The molecule has 0 spiro atoms. The number of thiazole rings is 1.